The van der Waals surface area contributed by atoms with Crippen molar-refractivity contribution in [2.45, 2.75) is 161 Å². The number of nitrogens with one attached hydrogen (secondary N) is 1. The van der Waals surface area contributed by atoms with E-state index in [0.29, 0.717) is 12.8 Å². The summed E-state index contributed by atoms with van der Waals surface area (Å²) in [7, 11) is 1.77. The molecule has 0 fully saturated rings. The van der Waals surface area contributed by atoms with E-state index < -0.39 is 0 Å². The summed E-state index contributed by atoms with van der Waals surface area (Å²) in [6.07, 6.45) is 26.3. The first-order valence-electron chi connectivity index (χ1n) is 14.5. The van der Waals surface area contributed by atoms with Gasteiger partial charge in [-0.25, -0.2) is 0 Å². The van der Waals surface area contributed by atoms with Crippen molar-refractivity contribution in [3.05, 3.63) is 0 Å². The Bertz CT molecular complexity index is 439. The van der Waals surface area contributed by atoms with Crippen molar-refractivity contribution >= 4 is 11.8 Å². The van der Waals surface area contributed by atoms with E-state index in [9.17, 15) is 9.59 Å². The molecule has 0 radical (unpaired) electrons. The van der Waals surface area contributed by atoms with E-state index >= 15 is 0 Å². The van der Waals surface area contributed by atoms with Crippen LogP contribution in [0.4, 0.5) is 0 Å². The van der Waals surface area contributed by atoms with Crippen LogP contribution in [-0.4, -0.2) is 31.4 Å². The summed E-state index contributed by atoms with van der Waals surface area (Å²) in [5.74, 6) is 0.00462. The van der Waals surface area contributed by atoms with Gasteiger partial charge in [-0.3, -0.25) is 9.59 Å². The zero-order valence-corrected chi connectivity index (χ0v) is 22.6. The van der Waals surface area contributed by atoms with Crippen LogP contribution in [0.25, 0.3) is 0 Å². The molecule has 0 saturated heterocycles. The molecule has 1 N–H and O–H groups in total. The molecule has 0 aliphatic rings. The lowest BCUT2D eigenvalue weighted by atomic mass is 10.0. The summed E-state index contributed by atoms with van der Waals surface area (Å²) in [6, 6.07) is -0.361. The number of hydrogen-bond donors (Lipinski definition) is 1. The molecule has 0 rings (SSSR count). The number of carbonyl (C=O) groups excluding carboxylic acids is 2. The predicted molar refractivity (Wildman–Crippen MR) is 142 cm³/mol. The van der Waals surface area contributed by atoms with E-state index in [-0.39, 0.29) is 24.4 Å². The number of carbonyl (C=O) groups is 2. The number of likely N-dealkylation sites (N-methyl/N-ethyl adjacent to an activating group) is 1. The van der Waals surface area contributed by atoms with Crippen LogP contribution in [0.3, 0.4) is 0 Å². The van der Waals surface area contributed by atoms with Gasteiger partial charge in [0.2, 0.25) is 0 Å². The lowest BCUT2D eigenvalue weighted by Gasteiger charge is -2.15. The fourth-order valence-electron chi connectivity index (χ4n) is 4.30. The third kappa shape index (κ3) is 22.6. The SMILES string of the molecule is CCCCCCCCCCCCCC(=O)OCC(NC)C(=O)CCCCCCCCCCC. The minimum absolute atomic E-state index is 0.165. The van der Waals surface area contributed by atoms with E-state index in [0.717, 1.165) is 25.7 Å². The summed E-state index contributed by atoms with van der Waals surface area (Å²) >= 11 is 0. The molecule has 196 valence electrons. The normalized spacial score (nSPS) is 12.1. The standard InChI is InChI=1S/C29H57NO3/c1-4-6-8-10-12-14-15-17-19-21-23-25-29(32)33-26-27(30-3)28(31)24-22-20-18-16-13-11-9-7-5-2/h27,30H,4-26H2,1-3H3. The number of esters is 1. The second kappa shape index (κ2) is 25.7. The molecule has 0 bridgehead atoms. The van der Waals surface area contributed by atoms with Gasteiger partial charge in [0.1, 0.15) is 12.6 Å². The molecule has 0 aromatic carbocycles. The van der Waals surface area contributed by atoms with Gasteiger partial charge in [-0.2, -0.15) is 0 Å². The molecule has 0 aliphatic heterocycles. The Morgan fingerprint density at radius 3 is 1.33 bits per heavy atom. The van der Waals surface area contributed by atoms with E-state index in [1.165, 1.54) is 103 Å². The zero-order chi connectivity index (χ0) is 24.4. The molecule has 1 atom stereocenters. The molecule has 0 aromatic rings. The first kappa shape index (κ1) is 32.1. The minimum Gasteiger partial charge on any atom is -0.464 e. The molecule has 0 heterocycles. The predicted octanol–water partition coefficient (Wildman–Crippen LogP) is 8.31. The van der Waals surface area contributed by atoms with Crippen molar-refractivity contribution in [2.24, 2.45) is 0 Å². The molecule has 4 heteroatoms. The van der Waals surface area contributed by atoms with Gasteiger partial charge in [-0.1, -0.05) is 129 Å². The van der Waals surface area contributed by atoms with Crippen LogP contribution in [0.15, 0.2) is 0 Å². The van der Waals surface area contributed by atoms with E-state index in [1.54, 1.807) is 7.05 Å². The minimum atomic E-state index is -0.361. The number of unbranched alkanes of at least 4 members (excludes halogenated alkanes) is 18. The first-order chi connectivity index (χ1) is 16.2. The highest BCUT2D eigenvalue weighted by Gasteiger charge is 2.18. The van der Waals surface area contributed by atoms with E-state index in [4.69, 9.17) is 4.74 Å². The van der Waals surface area contributed by atoms with Crippen LogP contribution >= 0.6 is 0 Å². The Hall–Kier alpha value is -0.900. The van der Waals surface area contributed by atoms with Crippen molar-refractivity contribution in [1.29, 1.82) is 0 Å². The highest BCUT2D eigenvalue weighted by molar-refractivity contribution is 5.84. The number of Topliss-reactive ketones (excluding diaryl/α,β-unsaturated/α-hetero) is 1. The highest BCUT2D eigenvalue weighted by atomic mass is 16.5. The van der Waals surface area contributed by atoms with Crippen LogP contribution in [0, 0.1) is 0 Å². The third-order valence-corrected chi connectivity index (χ3v) is 6.66. The molecule has 0 aliphatic carbocycles. The Kier molecular flexibility index (Phi) is 25.0. The fourth-order valence-corrected chi connectivity index (χ4v) is 4.30. The van der Waals surface area contributed by atoms with Gasteiger partial charge in [0.15, 0.2) is 5.78 Å². The van der Waals surface area contributed by atoms with Crippen LogP contribution in [-0.2, 0) is 14.3 Å². The van der Waals surface area contributed by atoms with Crippen molar-refractivity contribution in [2.75, 3.05) is 13.7 Å². The summed E-state index contributed by atoms with van der Waals surface area (Å²) in [5, 5.41) is 3.02. The fraction of sp³-hybridized carbons (Fsp3) is 0.931. The largest absolute Gasteiger partial charge is 0.464 e. The quantitative estimate of drug-likeness (QED) is 0.103. The number of rotatable bonds is 26. The zero-order valence-electron chi connectivity index (χ0n) is 22.6. The number of hydrogen-bond acceptors (Lipinski definition) is 4. The molecule has 0 saturated carbocycles. The molecule has 33 heavy (non-hydrogen) atoms. The number of ether oxygens (including phenoxy) is 1. The average Bonchev–Trinajstić information content (AvgIpc) is 2.81. The molecule has 0 aromatic heterocycles. The Labute approximate surface area is 206 Å². The maximum atomic E-state index is 12.4. The molecule has 1 unspecified atom stereocenters. The molecule has 4 nitrogen and oxygen atoms in total. The highest BCUT2D eigenvalue weighted by Crippen LogP contribution is 2.13. The van der Waals surface area contributed by atoms with Gasteiger partial charge >= 0.3 is 5.97 Å². The van der Waals surface area contributed by atoms with Crippen LogP contribution in [0.1, 0.15) is 155 Å². The average molecular weight is 468 g/mol. The molecule has 0 amide bonds. The second-order valence-electron chi connectivity index (χ2n) is 9.85. The second-order valence-corrected chi connectivity index (χ2v) is 9.85. The lowest BCUT2D eigenvalue weighted by Crippen LogP contribution is -2.38. The summed E-state index contributed by atoms with van der Waals surface area (Å²) in [4.78, 5) is 24.4. The first-order valence-corrected chi connectivity index (χ1v) is 14.5. The van der Waals surface area contributed by atoms with Gasteiger partial charge in [0, 0.05) is 12.8 Å². The summed E-state index contributed by atoms with van der Waals surface area (Å²) in [6.45, 7) is 4.67. The van der Waals surface area contributed by atoms with E-state index in [1.807, 2.05) is 0 Å². The Morgan fingerprint density at radius 1 is 0.576 bits per heavy atom. The van der Waals surface area contributed by atoms with Gasteiger partial charge in [0.05, 0.1) is 0 Å². The molecule has 0 spiro atoms. The van der Waals surface area contributed by atoms with Crippen molar-refractivity contribution in [1.82, 2.24) is 5.32 Å². The third-order valence-electron chi connectivity index (χ3n) is 6.66. The maximum absolute atomic E-state index is 12.4. The summed E-state index contributed by atoms with van der Waals surface area (Å²) < 4.78 is 5.38. The van der Waals surface area contributed by atoms with Crippen molar-refractivity contribution < 1.29 is 14.3 Å². The van der Waals surface area contributed by atoms with Crippen LogP contribution < -0.4 is 5.32 Å². The maximum Gasteiger partial charge on any atom is 0.305 e. The van der Waals surface area contributed by atoms with Crippen LogP contribution in [0.5, 0.6) is 0 Å². The molecular weight excluding hydrogens is 410 g/mol. The van der Waals surface area contributed by atoms with Gasteiger partial charge < -0.3 is 10.1 Å². The van der Waals surface area contributed by atoms with Crippen LogP contribution in [0.2, 0.25) is 0 Å². The van der Waals surface area contributed by atoms with Gasteiger partial charge in [-0.15, -0.1) is 0 Å². The molecular formula is C29H57NO3. The monoisotopic (exact) mass is 467 g/mol. The Morgan fingerprint density at radius 2 is 0.939 bits per heavy atom. The van der Waals surface area contributed by atoms with Gasteiger partial charge in [0.25, 0.3) is 0 Å². The Balaban J connectivity index is 3.60. The lowest BCUT2D eigenvalue weighted by molar-refractivity contribution is -0.145. The smallest absolute Gasteiger partial charge is 0.305 e. The number of ketones is 1. The summed E-state index contributed by atoms with van der Waals surface area (Å²) in [5.41, 5.74) is 0. The van der Waals surface area contributed by atoms with Crippen molar-refractivity contribution in [3.8, 4) is 0 Å². The van der Waals surface area contributed by atoms with Crippen molar-refractivity contribution in [3.63, 3.8) is 0 Å². The topological polar surface area (TPSA) is 55.4 Å². The van der Waals surface area contributed by atoms with Gasteiger partial charge in [-0.05, 0) is 19.9 Å². The van der Waals surface area contributed by atoms with E-state index in [2.05, 4.69) is 19.2 Å².